The summed E-state index contributed by atoms with van der Waals surface area (Å²) in [5, 5.41) is 14.7. The van der Waals surface area contributed by atoms with Crippen molar-refractivity contribution >= 4 is 11.9 Å². The number of amides is 1. The Kier molecular flexibility index (Phi) is 6.67. The third-order valence-electron chi connectivity index (χ3n) is 2.90. The number of morpholine rings is 1. The van der Waals surface area contributed by atoms with Gasteiger partial charge < -0.3 is 20.5 Å². The van der Waals surface area contributed by atoms with Crippen molar-refractivity contribution < 1.29 is 19.4 Å². The third-order valence-corrected chi connectivity index (χ3v) is 2.90. The second kappa shape index (κ2) is 8.05. The fraction of sp³-hybridized carbons (Fsp3) is 0.833. The minimum absolute atomic E-state index is 0.153. The van der Waals surface area contributed by atoms with Gasteiger partial charge in [0, 0.05) is 13.1 Å². The molecule has 1 aliphatic heterocycles. The molecule has 1 fully saturated rings. The van der Waals surface area contributed by atoms with E-state index in [0.29, 0.717) is 19.6 Å². The SMILES string of the molecule is CCCC[C@H](NC(=O)CC1CNCCO1)C(=O)O. The van der Waals surface area contributed by atoms with E-state index < -0.39 is 12.0 Å². The first kappa shape index (κ1) is 14.9. The number of aliphatic carboxylic acids is 1. The molecule has 0 radical (unpaired) electrons. The number of carbonyl (C=O) groups excluding carboxylic acids is 1. The van der Waals surface area contributed by atoms with E-state index in [1.165, 1.54) is 0 Å². The number of hydrogen-bond donors (Lipinski definition) is 3. The minimum Gasteiger partial charge on any atom is -0.480 e. The van der Waals surface area contributed by atoms with Crippen LogP contribution in [-0.2, 0) is 14.3 Å². The number of ether oxygens (including phenoxy) is 1. The summed E-state index contributed by atoms with van der Waals surface area (Å²) in [5.74, 6) is -1.23. The third kappa shape index (κ3) is 5.46. The molecule has 0 aromatic heterocycles. The van der Waals surface area contributed by atoms with Crippen molar-refractivity contribution in [2.75, 3.05) is 19.7 Å². The van der Waals surface area contributed by atoms with Crippen LogP contribution in [0.25, 0.3) is 0 Å². The maximum Gasteiger partial charge on any atom is 0.326 e. The van der Waals surface area contributed by atoms with Crippen molar-refractivity contribution in [3.63, 3.8) is 0 Å². The highest BCUT2D eigenvalue weighted by Crippen LogP contribution is 2.04. The molecule has 1 aliphatic rings. The molecular weight excluding hydrogens is 236 g/mol. The highest BCUT2D eigenvalue weighted by molar-refractivity contribution is 5.83. The topological polar surface area (TPSA) is 87.7 Å². The molecule has 6 nitrogen and oxygen atoms in total. The lowest BCUT2D eigenvalue weighted by Crippen LogP contribution is -2.45. The average Bonchev–Trinajstić information content (AvgIpc) is 2.35. The molecule has 18 heavy (non-hydrogen) atoms. The highest BCUT2D eigenvalue weighted by Gasteiger charge is 2.22. The van der Waals surface area contributed by atoms with Gasteiger partial charge in [0.1, 0.15) is 6.04 Å². The van der Waals surface area contributed by atoms with E-state index >= 15 is 0 Å². The summed E-state index contributed by atoms with van der Waals surface area (Å²) in [6.45, 7) is 4.02. The van der Waals surface area contributed by atoms with Crippen LogP contribution in [0.15, 0.2) is 0 Å². The zero-order valence-electron chi connectivity index (χ0n) is 10.8. The molecule has 0 aliphatic carbocycles. The molecule has 1 saturated heterocycles. The van der Waals surface area contributed by atoms with Crippen LogP contribution in [0, 0.1) is 0 Å². The summed E-state index contributed by atoms with van der Waals surface area (Å²) in [6, 6.07) is -0.783. The highest BCUT2D eigenvalue weighted by atomic mass is 16.5. The smallest absolute Gasteiger partial charge is 0.326 e. The minimum atomic E-state index is -0.973. The molecule has 1 heterocycles. The van der Waals surface area contributed by atoms with E-state index in [4.69, 9.17) is 9.84 Å². The van der Waals surface area contributed by atoms with Gasteiger partial charge in [0.05, 0.1) is 19.1 Å². The van der Waals surface area contributed by atoms with Crippen molar-refractivity contribution in [2.24, 2.45) is 0 Å². The Morgan fingerprint density at radius 2 is 2.33 bits per heavy atom. The first-order valence-electron chi connectivity index (χ1n) is 6.48. The van der Waals surface area contributed by atoms with Crippen LogP contribution in [0.3, 0.4) is 0 Å². The monoisotopic (exact) mass is 258 g/mol. The van der Waals surface area contributed by atoms with Crippen molar-refractivity contribution in [2.45, 2.75) is 44.8 Å². The van der Waals surface area contributed by atoms with Crippen LogP contribution in [-0.4, -0.2) is 48.8 Å². The Bertz CT molecular complexity index is 277. The number of carboxylic acids is 1. The molecule has 6 heteroatoms. The molecule has 0 aromatic rings. The number of unbranched alkanes of at least 4 members (excludes halogenated alkanes) is 1. The van der Waals surface area contributed by atoms with E-state index in [1.54, 1.807) is 0 Å². The van der Waals surface area contributed by atoms with Crippen LogP contribution in [0.1, 0.15) is 32.6 Å². The van der Waals surface area contributed by atoms with Gasteiger partial charge in [0.2, 0.25) is 5.91 Å². The van der Waals surface area contributed by atoms with E-state index in [2.05, 4.69) is 10.6 Å². The lowest BCUT2D eigenvalue weighted by atomic mass is 10.1. The Morgan fingerprint density at radius 3 is 2.89 bits per heavy atom. The van der Waals surface area contributed by atoms with Gasteiger partial charge in [-0.05, 0) is 6.42 Å². The molecule has 0 spiro atoms. The first-order chi connectivity index (χ1) is 8.63. The van der Waals surface area contributed by atoms with E-state index in [0.717, 1.165) is 19.4 Å². The van der Waals surface area contributed by atoms with Crippen LogP contribution in [0.2, 0.25) is 0 Å². The van der Waals surface area contributed by atoms with Crippen molar-refractivity contribution in [3.8, 4) is 0 Å². The fourth-order valence-corrected chi connectivity index (χ4v) is 1.88. The Labute approximate surface area is 107 Å². The van der Waals surface area contributed by atoms with Gasteiger partial charge >= 0.3 is 5.97 Å². The zero-order chi connectivity index (χ0) is 13.4. The molecule has 0 bridgehead atoms. The van der Waals surface area contributed by atoms with Crippen molar-refractivity contribution in [1.29, 1.82) is 0 Å². The predicted octanol–water partition coefficient (Wildman–Crippen LogP) is 0.125. The molecule has 3 N–H and O–H groups in total. The van der Waals surface area contributed by atoms with E-state index in [1.807, 2.05) is 6.92 Å². The molecule has 1 unspecified atom stereocenters. The summed E-state index contributed by atoms with van der Waals surface area (Å²) < 4.78 is 5.40. The van der Waals surface area contributed by atoms with E-state index in [9.17, 15) is 9.59 Å². The zero-order valence-corrected chi connectivity index (χ0v) is 10.8. The second-order valence-corrected chi connectivity index (χ2v) is 4.50. The van der Waals surface area contributed by atoms with Gasteiger partial charge in [-0.15, -0.1) is 0 Å². The summed E-state index contributed by atoms with van der Waals surface area (Å²) in [4.78, 5) is 22.7. The number of carboxylic acid groups (broad SMARTS) is 1. The van der Waals surface area contributed by atoms with Gasteiger partial charge in [-0.1, -0.05) is 19.8 Å². The summed E-state index contributed by atoms with van der Waals surface area (Å²) >= 11 is 0. The van der Waals surface area contributed by atoms with Gasteiger partial charge in [-0.2, -0.15) is 0 Å². The van der Waals surface area contributed by atoms with Crippen LogP contribution in [0.5, 0.6) is 0 Å². The first-order valence-corrected chi connectivity index (χ1v) is 6.48. The Hall–Kier alpha value is -1.14. The number of rotatable bonds is 7. The standard InChI is InChI=1S/C12H22N2O4/c1-2-3-4-10(12(16)17)14-11(15)7-9-8-13-5-6-18-9/h9-10,13H,2-8H2,1H3,(H,14,15)(H,16,17)/t9?,10-/m0/s1. The quantitative estimate of drug-likeness (QED) is 0.604. The summed E-state index contributed by atoms with van der Waals surface area (Å²) in [7, 11) is 0. The van der Waals surface area contributed by atoms with Crippen molar-refractivity contribution in [1.82, 2.24) is 10.6 Å². The molecule has 0 saturated carbocycles. The summed E-state index contributed by atoms with van der Waals surface area (Å²) in [6.07, 6.45) is 2.23. The van der Waals surface area contributed by atoms with Crippen LogP contribution >= 0.6 is 0 Å². The van der Waals surface area contributed by atoms with Gasteiger partial charge in [0.15, 0.2) is 0 Å². The fourth-order valence-electron chi connectivity index (χ4n) is 1.88. The molecule has 1 amide bonds. The van der Waals surface area contributed by atoms with Gasteiger partial charge in [-0.3, -0.25) is 4.79 Å². The maximum atomic E-state index is 11.7. The molecule has 2 atom stereocenters. The molecular formula is C12H22N2O4. The Morgan fingerprint density at radius 1 is 1.56 bits per heavy atom. The average molecular weight is 258 g/mol. The van der Waals surface area contributed by atoms with E-state index in [-0.39, 0.29) is 18.4 Å². The molecule has 0 aromatic carbocycles. The van der Waals surface area contributed by atoms with Crippen molar-refractivity contribution in [3.05, 3.63) is 0 Å². The lowest BCUT2D eigenvalue weighted by molar-refractivity contribution is -0.142. The number of hydrogen-bond acceptors (Lipinski definition) is 4. The van der Waals surface area contributed by atoms with Gasteiger partial charge in [0.25, 0.3) is 0 Å². The maximum absolute atomic E-state index is 11.7. The van der Waals surface area contributed by atoms with Crippen LogP contribution < -0.4 is 10.6 Å². The largest absolute Gasteiger partial charge is 0.480 e. The Balaban J connectivity index is 2.32. The van der Waals surface area contributed by atoms with Crippen LogP contribution in [0.4, 0.5) is 0 Å². The summed E-state index contributed by atoms with van der Waals surface area (Å²) in [5.41, 5.74) is 0. The lowest BCUT2D eigenvalue weighted by Gasteiger charge is -2.23. The predicted molar refractivity (Wildman–Crippen MR) is 66.3 cm³/mol. The number of nitrogens with one attached hydrogen (secondary N) is 2. The molecule has 104 valence electrons. The normalized spacial score (nSPS) is 21.3. The number of carbonyl (C=O) groups is 2. The molecule has 1 rings (SSSR count). The van der Waals surface area contributed by atoms with Gasteiger partial charge in [-0.25, -0.2) is 4.79 Å². The second-order valence-electron chi connectivity index (χ2n) is 4.50.